The van der Waals surface area contributed by atoms with E-state index in [0.29, 0.717) is 11.8 Å². The summed E-state index contributed by atoms with van der Waals surface area (Å²) in [7, 11) is 0. The summed E-state index contributed by atoms with van der Waals surface area (Å²) < 4.78 is 5.43. The molecule has 1 heterocycles. The number of aliphatic hydroxyl groups is 1. The van der Waals surface area contributed by atoms with E-state index in [-0.39, 0.29) is 0 Å². The van der Waals surface area contributed by atoms with Gasteiger partial charge in [0.2, 0.25) is 0 Å². The molecule has 3 rings (SSSR count). The van der Waals surface area contributed by atoms with E-state index >= 15 is 0 Å². The molecular formula is C16H22O2. The van der Waals surface area contributed by atoms with Crippen LogP contribution in [0.25, 0.3) is 0 Å². The smallest absolute Gasteiger partial charge is 0.0699 e. The van der Waals surface area contributed by atoms with Crippen LogP contribution < -0.4 is 0 Å². The maximum Gasteiger partial charge on any atom is 0.0699 e. The van der Waals surface area contributed by atoms with Gasteiger partial charge in [-0.3, -0.25) is 0 Å². The molecule has 0 aromatic heterocycles. The van der Waals surface area contributed by atoms with E-state index in [9.17, 15) is 5.11 Å². The maximum absolute atomic E-state index is 10.8. The van der Waals surface area contributed by atoms with Crippen molar-refractivity contribution < 1.29 is 9.84 Å². The van der Waals surface area contributed by atoms with Gasteiger partial charge in [0.25, 0.3) is 0 Å². The first-order valence-electron chi connectivity index (χ1n) is 7.13. The molecule has 1 saturated heterocycles. The average Bonchev–Trinajstić information content (AvgIpc) is 2.95. The molecule has 1 atom stereocenters. The Labute approximate surface area is 109 Å². The van der Waals surface area contributed by atoms with Gasteiger partial charge in [0.15, 0.2) is 0 Å². The first kappa shape index (κ1) is 12.2. The molecule has 1 saturated carbocycles. The molecule has 1 aliphatic carbocycles. The van der Waals surface area contributed by atoms with Gasteiger partial charge in [-0.25, -0.2) is 0 Å². The third kappa shape index (κ3) is 2.32. The van der Waals surface area contributed by atoms with Gasteiger partial charge in [-0.05, 0) is 43.6 Å². The summed E-state index contributed by atoms with van der Waals surface area (Å²) in [6, 6.07) is 10.7. The third-order valence-corrected chi connectivity index (χ3v) is 4.81. The van der Waals surface area contributed by atoms with Crippen LogP contribution in [0, 0.1) is 5.92 Å². The van der Waals surface area contributed by atoms with Crippen LogP contribution in [-0.2, 0) is 4.74 Å². The lowest BCUT2D eigenvalue weighted by molar-refractivity contribution is -0.0544. The molecule has 2 aliphatic rings. The highest BCUT2D eigenvalue weighted by molar-refractivity contribution is 5.20. The highest BCUT2D eigenvalue weighted by Crippen LogP contribution is 2.43. The zero-order chi connectivity index (χ0) is 12.4. The van der Waals surface area contributed by atoms with Crippen molar-refractivity contribution in [1.82, 2.24) is 0 Å². The van der Waals surface area contributed by atoms with Crippen molar-refractivity contribution in [2.45, 2.75) is 43.6 Å². The van der Waals surface area contributed by atoms with E-state index in [1.807, 2.05) is 0 Å². The number of benzene rings is 1. The normalized spacial score (nSPS) is 36.7. The zero-order valence-corrected chi connectivity index (χ0v) is 10.8. The molecule has 98 valence electrons. The Bertz CT molecular complexity index is 373. The molecule has 0 spiro atoms. The second-order valence-electron chi connectivity index (χ2n) is 5.85. The molecule has 2 heteroatoms. The third-order valence-electron chi connectivity index (χ3n) is 4.81. The SMILES string of the molecule is OC1(C2CCOC2)CCC(c2ccccc2)CC1. The Morgan fingerprint density at radius 1 is 1.06 bits per heavy atom. The molecule has 1 aromatic rings. The van der Waals surface area contributed by atoms with Gasteiger partial charge in [-0.15, -0.1) is 0 Å². The summed E-state index contributed by atoms with van der Waals surface area (Å²) in [6.45, 7) is 1.58. The van der Waals surface area contributed by atoms with Crippen molar-refractivity contribution in [3.63, 3.8) is 0 Å². The number of hydrogen-bond donors (Lipinski definition) is 1. The summed E-state index contributed by atoms with van der Waals surface area (Å²) in [6.07, 6.45) is 5.11. The van der Waals surface area contributed by atoms with E-state index in [0.717, 1.165) is 45.3 Å². The van der Waals surface area contributed by atoms with Crippen molar-refractivity contribution in [2.75, 3.05) is 13.2 Å². The van der Waals surface area contributed by atoms with Crippen molar-refractivity contribution in [3.05, 3.63) is 35.9 Å². The minimum absolute atomic E-state index is 0.370. The fraction of sp³-hybridized carbons (Fsp3) is 0.625. The molecule has 18 heavy (non-hydrogen) atoms. The Kier molecular flexibility index (Phi) is 3.40. The predicted molar refractivity (Wildman–Crippen MR) is 71.5 cm³/mol. The average molecular weight is 246 g/mol. The molecule has 0 amide bonds. The lowest BCUT2D eigenvalue weighted by atomic mass is 9.70. The van der Waals surface area contributed by atoms with Gasteiger partial charge in [0.1, 0.15) is 0 Å². The standard InChI is InChI=1S/C16H22O2/c17-16(15-8-11-18-12-15)9-6-14(7-10-16)13-4-2-1-3-5-13/h1-5,14-15,17H,6-12H2. The van der Waals surface area contributed by atoms with Crippen molar-refractivity contribution in [2.24, 2.45) is 5.92 Å². The number of rotatable bonds is 2. The molecule has 1 aliphatic heterocycles. The van der Waals surface area contributed by atoms with Gasteiger partial charge < -0.3 is 9.84 Å². The van der Waals surface area contributed by atoms with Crippen LogP contribution in [0.3, 0.4) is 0 Å². The molecule has 1 N–H and O–H groups in total. The summed E-state index contributed by atoms with van der Waals surface area (Å²) in [5, 5.41) is 10.8. The van der Waals surface area contributed by atoms with E-state index < -0.39 is 5.60 Å². The van der Waals surface area contributed by atoms with Crippen molar-refractivity contribution in [3.8, 4) is 0 Å². The highest BCUT2D eigenvalue weighted by atomic mass is 16.5. The fourth-order valence-corrected chi connectivity index (χ4v) is 3.54. The molecule has 1 aromatic carbocycles. The van der Waals surface area contributed by atoms with Gasteiger partial charge in [0, 0.05) is 12.5 Å². The van der Waals surface area contributed by atoms with Crippen LogP contribution in [0.4, 0.5) is 0 Å². The monoisotopic (exact) mass is 246 g/mol. The molecule has 0 radical (unpaired) electrons. The number of hydrogen-bond acceptors (Lipinski definition) is 2. The summed E-state index contributed by atoms with van der Waals surface area (Å²) >= 11 is 0. The van der Waals surface area contributed by atoms with Crippen LogP contribution >= 0.6 is 0 Å². The Morgan fingerprint density at radius 2 is 1.78 bits per heavy atom. The zero-order valence-electron chi connectivity index (χ0n) is 10.8. The van der Waals surface area contributed by atoms with E-state index in [2.05, 4.69) is 30.3 Å². The molecule has 0 bridgehead atoms. The topological polar surface area (TPSA) is 29.5 Å². The quantitative estimate of drug-likeness (QED) is 0.869. The van der Waals surface area contributed by atoms with Gasteiger partial charge in [-0.2, -0.15) is 0 Å². The van der Waals surface area contributed by atoms with Crippen LogP contribution in [0.15, 0.2) is 30.3 Å². The van der Waals surface area contributed by atoms with Crippen LogP contribution in [0.1, 0.15) is 43.6 Å². The summed E-state index contributed by atoms with van der Waals surface area (Å²) in [4.78, 5) is 0. The number of ether oxygens (including phenoxy) is 1. The van der Waals surface area contributed by atoms with Gasteiger partial charge >= 0.3 is 0 Å². The Balaban J connectivity index is 1.64. The van der Waals surface area contributed by atoms with E-state index in [4.69, 9.17) is 4.74 Å². The maximum atomic E-state index is 10.8. The lowest BCUT2D eigenvalue weighted by Crippen LogP contribution is -2.41. The molecule has 1 unspecified atom stereocenters. The molecule has 2 fully saturated rings. The lowest BCUT2D eigenvalue weighted by Gasteiger charge is -2.40. The minimum atomic E-state index is -0.457. The molecular weight excluding hydrogens is 224 g/mol. The van der Waals surface area contributed by atoms with Crippen LogP contribution in [0.2, 0.25) is 0 Å². The second kappa shape index (κ2) is 5.02. The Morgan fingerprint density at radius 3 is 2.39 bits per heavy atom. The van der Waals surface area contributed by atoms with E-state index in [1.165, 1.54) is 5.56 Å². The van der Waals surface area contributed by atoms with Crippen molar-refractivity contribution in [1.29, 1.82) is 0 Å². The fourth-order valence-electron chi connectivity index (χ4n) is 3.54. The van der Waals surface area contributed by atoms with Crippen LogP contribution in [0.5, 0.6) is 0 Å². The predicted octanol–water partition coefficient (Wildman–Crippen LogP) is 3.11. The first-order chi connectivity index (χ1) is 8.78. The molecule has 2 nitrogen and oxygen atoms in total. The van der Waals surface area contributed by atoms with Crippen LogP contribution in [-0.4, -0.2) is 23.9 Å². The minimum Gasteiger partial charge on any atom is -0.390 e. The largest absolute Gasteiger partial charge is 0.390 e. The van der Waals surface area contributed by atoms with Gasteiger partial charge in [-0.1, -0.05) is 30.3 Å². The van der Waals surface area contributed by atoms with Crippen molar-refractivity contribution >= 4 is 0 Å². The van der Waals surface area contributed by atoms with E-state index in [1.54, 1.807) is 0 Å². The highest BCUT2D eigenvalue weighted by Gasteiger charge is 2.41. The van der Waals surface area contributed by atoms with Gasteiger partial charge in [0.05, 0.1) is 12.2 Å². The Hall–Kier alpha value is -0.860. The second-order valence-corrected chi connectivity index (χ2v) is 5.85. The summed E-state index contributed by atoms with van der Waals surface area (Å²) in [5.74, 6) is 1.00. The summed E-state index contributed by atoms with van der Waals surface area (Å²) in [5.41, 5.74) is 0.976. The first-order valence-corrected chi connectivity index (χ1v) is 7.13.